The van der Waals surface area contributed by atoms with Crippen LogP contribution in [-0.2, 0) is 6.54 Å². The SMILES string of the molecule is CCCCn1nc(SCCC)c(C(=O)O)c1N. The van der Waals surface area contributed by atoms with Crippen molar-refractivity contribution >= 4 is 23.5 Å². The minimum Gasteiger partial charge on any atom is -0.477 e. The zero-order valence-electron chi connectivity index (χ0n) is 10.3. The van der Waals surface area contributed by atoms with Gasteiger partial charge in [0, 0.05) is 6.54 Å². The number of nitrogens with two attached hydrogens (primary N) is 1. The Hall–Kier alpha value is -1.17. The van der Waals surface area contributed by atoms with E-state index in [2.05, 4.69) is 12.0 Å². The van der Waals surface area contributed by atoms with Gasteiger partial charge in [-0.3, -0.25) is 0 Å². The molecule has 5 nitrogen and oxygen atoms in total. The second-order valence-electron chi connectivity index (χ2n) is 3.80. The van der Waals surface area contributed by atoms with Crippen LogP contribution in [0.2, 0.25) is 0 Å². The van der Waals surface area contributed by atoms with Crippen molar-refractivity contribution in [3.05, 3.63) is 5.56 Å². The molecule has 6 heteroatoms. The summed E-state index contributed by atoms with van der Waals surface area (Å²) >= 11 is 1.45. The molecule has 0 unspecified atom stereocenters. The molecule has 1 aromatic heterocycles. The van der Waals surface area contributed by atoms with Gasteiger partial charge in [0.25, 0.3) is 0 Å². The number of rotatable bonds is 7. The van der Waals surface area contributed by atoms with Gasteiger partial charge in [-0.05, 0) is 18.6 Å². The standard InChI is InChI=1S/C11H19N3O2S/c1-3-5-6-14-9(12)8(11(15)16)10(13-14)17-7-4-2/h3-7,12H2,1-2H3,(H,15,16). The third-order valence-corrected chi connectivity index (χ3v) is 3.51. The van der Waals surface area contributed by atoms with Crippen LogP contribution in [0.4, 0.5) is 5.82 Å². The number of carboxylic acids is 1. The maximum absolute atomic E-state index is 11.1. The maximum atomic E-state index is 11.1. The number of aromatic carboxylic acids is 1. The number of carbonyl (C=O) groups is 1. The molecule has 0 bridgehead atoms. The van der Waals surface area contributed by atoms with E-state index in [-0.39, 0.29) is 11.4 Å². The zero-order valence-corrected chi connectivity index (χ0v) is 11.1. The first-order valence-corrected chi connectivity index (χ1v) is 6.82. The van der Waals surface area contributed by atoms with Gasteiger partial charge >= 0.3 is 5.97 Å². The van der Waals surface area contributed by atoms with Crippen LogP contribution in [0.1, 0.15) is 43.5 Å². The van der Waals surface area contributed by atoms with Gasteiger partial charge in [0.1, 0.15) is 16.4 Å². The molecular formula is C11H19N3O2S. The number of hydrogen-bond acceptors (Lipinski definition) is 4. The average Bonchev–Trinajstić information content (AvgIpc) is 2.60. The smallest absolute Gasteiger partial charge is 0.342 e. The van der Waals surface area contributed by atoms with E-state index in [0.717, 1.165) is 25.0 Å². The Morgan fingerprint density at radius 2 is 2.18 bits per heavy atom. The first-order valence-electron chi connectivity index (χ1n) is 5.84. The topological polar surface area (TPSA) is 81.1 Å². The number of unbranched alkanes of at least 4 members (excludes halogenated alkanes) is 1. The van der Waals surface area contributed by atoms with Crippen LogP contribution >= 0.6 is 11.8 Å². The molecular weight excluding hydrogens is 238 g/mol. The number of aromatic nitrogens is 2. The number of anilines is 1. The quantitative estimate of drug-likeness (QED) is 0.733. The lowest BCUT2D eigenvalue weighted by molar-refractivity contribution is 0.0694. The second-order valence-corrected chi connectivity index (χ2v) is 4.88. The van der Waals surface area contributed by atoms with Crippen molar-refractivity contribution in [3.8, 4) is 0 Å². The summed E-state index contributed by atoms with van der Waals surface area (Å²) in [7, 11) is 0. The molecule has 0 amide bonds. The Balaban J connectivity index is 2.97. The summed E-state index contributed by atoms with van der Waals surface area (Å²) in [6.45, 7) is 4.80. The minimum absolute atomic E-state index is 0.152. The highest BCUT2D eigenvalue weighted by Crippen LogP contribution is 2.27. The summed E-state index contributed by atoms with van der Waals surface area (Å²) in [4.78, 5) is 11.1. The van der Waals surface area contributed by atoms with Crippen LogP contribution in [0, 0.1) is 0 Å². The molecule has 96 valence electrons. The summed E-state index contributed by atoms with van der Waals surface area (Å²) in [6.07, 6.45) is 2.95. The van der Waals surface area contributed by atoms with Gasteiger partial charge in [0.05, 0.1) is 0 Å². The molecule has 0 aliphatic heterocycles. The Bertz CT molecular complexity index is 390. The van der Waals surface area contributed by atoms with Crippen LogP contribution in [0.15, 0.2) is 5.03 Å². The van der Waals surface area contributed by atoms with Gasteiger partial charge in [-0.1, -0.05) is 20.3 Å². The second kappa shape index (κ2) is 6.54. The molecule has 0 aliphatic rings. The van der Waals surface area contributed by atoms with E-state index in [1.54, 1.807) is 4.68 Å². The molecule has 1 heterocycles. The van der Waals surface area contributed by atoms with E-state index in [1.165, 1.54) is 11.8 Å². The van der Waals surface area contributed by atoms with E-state index in [0.29, 0.717) is 11.6 Å². The summed E-state index contributed by atoms with van der Waals surface area (Å²) in [5, 5.41) is 14.0. The first-order chi connectivity index (χ1) is 8.11. The summed E-state index contributed by atoms with van der Waals surface area (Å²) < 4.78 is 1.60. The molecule has 0 aromatic carbocycles. The van der Waals surface area contributed by atoms with Gasteiger partial charge in [0.15, 0.2) is 0 Å². The summed E-state index contributed by atoms with van der Waals surface area (Å²) in [5.41, 5.74) is 5.98. The fourth-order valence-electron chi connectivity index (χ4n) is 1.43. The van der Waals surface area contributed by atoms with Gasteiger partial charge < -0.3 is 10.8 Å². The van der Waals surface area contributed by atoms with Crippen LogP contribution in [0.5, 0.6) is 0 Å². The lowest BCUT2D eigenvalue weighted by Gasteiger charge is -2.01. The Labute approximate surface area is 105 Å². The predicted molar refractivity (Wildman–Crippen MR) is 69.5 cm³/mol. The molecule has 0 saturated heterocycles. The maximum Gasteiger partial charge on any atom is 0.342 e. The fraction of sp³-hybridized carbons (Fsp3) is 0.636. The van der Waals surface area contributed by atoms with Crippen LogP contribution in [-0.4, -0.2) is 26.6 Å². The van der Waals surface area contributed by atoms with E-state index < -0.39 is 5.97 Å². The van der Waals surface area contributed by atoms with Crippen molar-refractivity contribution in [1.29, 1.82) is 0 Å². The summed E-state index contributed by atoms with van der Waals surface area (Å²) in [5.74, 6) is 0.123. The highest BCUT2D eigenvalue weighted by atomic mass is 32.2. The minimum atomic E-state index is -0.996. The van der Waals surface area contributed by atoms with Gasteiger partial charge in [-0.15, -0.1) is 11.8 Å². The van der Waals surface area contributed by atoms with E-state index in [9.17, 15) is 4.79 Å². The van der Waals surface area contributed by atoms with Crippen molar-refractivity contribution in [2.24, 2.45) is 0 Å². The van der Waals surface area contributed by atoms with Crippen molar-refractivity contribution in [1.82, 2.24) is 9.78 Å². The van der Waals surface area contributed by atoms with E-state index in [1.807, 2.05) is 6.92 Å². The largest absolute Gasteiger partial charge is 0.477 e. The molecule has 1 aromatic rings. The number of thioether (sulfide) groups is 1. The van der Waals surface area contributed by atoms with Crippen molar-refractivity contribution < 1.29 is 9.90 Å². The monoisotopic (exact) mass is 257 g/mol. The van der Waals surface area contributed by atoms with Crippen LogP contribution in [0.25, 0.3) is 0 Å². The molecule has 3 N–H and O–H groups in total. The first kappa shape index (κ1) is 13.9. The van der Waals surface area contributed by atoms with E-state index in [4.69, 9.17) is 10.8 Å². The van der Waals surface area contributed by atoms with Crippen LogP contribution in [0.3, 0.4) is 0 Å². The molecule has 0 saturated carbocycles. The van der Waals surface area contributed by atoms with Crippen LogP contribution < -0.4 is 5.73 Å². The summed E-state index contributed by atoms with van der Waals surface area (Å²) in [6, 6.07) is 0. The molecule has 0 aliphatic carbocycles. The Kier molecular flexibility index (Phi) is 5.34. The molecule has 1 rings (SSSR count). The lowest BCUT2D eigenvalue weighted by atomic mass is 10.3. The molecule has 17 heavy (non-hydrogen) atoms. The number of nitrogen functional groups attached to an aromatic ring is 1. The molecule has 0 radical (unpaired) electrons. The van der Waals surface area contributed by atoms with Crippen molar-refractivity contribution in [2.45, 2.75) is 44.7 Å². The third kappa shape index (κ3) is 3.39. The van der Waals surface area contributed by atoms with Crippen molar-refractivity contribution in [2.75, 3.05) is 11.5 Å². The normalized spacial score (nSPS) is 10.7. The highest BCUT2D eigenvalue weighted by Gasteiger charge is 2.21. The Morgan fingerprint density at radius 3 is 2.71 bits per heavy atom. The average molecular weight is 257 g/mol. The van der Waals surface area contributed by atoms with Gasteiger partial charge in [0.2, 0.25) is 0 Å². The third-order valence-electron chi connectivity index (χ3n) is 2.34. The zero-order chi connectivity index (χ0) is 12.8. The molecule has 0 spiro atoms. The number of aryl methyl sites for hydroxylation is 1. The predicted octanol–water partition coefficient (Wildman–Crippen LogP) is 2.47. The number of hydrogen-bond donors (Lipinski definition) is 2. The number of carboxylic acid groups (broad SMARTS) is 1. The highest BCUT2D eigenvalue weighted by molar-refractivity contribution is 7.99. The number of nitrogens with zero attached hydrogens (tertiary/aromatic N) is 2. The molecule has 0 atom stereocenters. The fourth-order valence-corrected chi connectivity index (χ4v) is 2.32. The van der Waals surface area contributed by atoms with Gasteiger partial charge in [-0.2, -0.15) is 5.10 Å². The molecule has 0 fully saturated rings. The lowest BCUT2D eigenvalue weighted by Crippen LogP contribution is -2.07. The van der Waals surface area contributed by atoms with Gasteiger partial charge in [-0.25, -0.2) is 9.48 Å². The Morgan fingerprint density at radius 1 is 1.47 bits per heavy atom. The van der Waals surface area contributed by atoms with E-state index >= 15 is 0 Å². The van der Waals surface area contributed by atoms with Crippen molar-refractivity contribution in [3.63, 3.8) is 0 Å².